The number of methoxy groups -OCH3 is 1. The van der Waals surface area contributed by atoms with Crippen LogP contribution in [-0.4, -0.2) is 16.7 Å². The number of nitrogens with zero attached hydrogens (tertiary/aromatic N) is 2. The van der Waals surface area contributed by atoms with E-state index in [0.717, 1.165) is 28.0 Å². The van der Waals surface area contributed by atoms with Crippen LogP contribution in [0.1, 0.15) is 17.0 Å². The highest BCUT2D eigenvalue weighted by molar-refractivity contribution is 9.10. The molecule has 0 aliphatic rings. The average molecular weight is 295 g/mol. The first-order valence-electron chi connectivity index (χ1n) is 5.42. The number of aromatic nitrogens is 2. The van der Waals surface area contributed by atoms with Gasteiger partial charge in [0.15, 0.2) is 0 Å². The van der Waals surface area contributed by atoms with E-state index < -0.39 is 0 Å². The Morgan fingerprint density at radius 2 is 2.12 bits per heavy atom. The fourth-order valence-electron chi connectivity index (χ4n) is 1.76. The first kappa shape index (κ1) is 12.2. The number of hydrogen-bond acceptors (Lipinski definition) is 2. The van der Waals surface area contributed by atoms with Crippen molar-refractivity contribution in [3.63, 3.8) is 0 Å². The maximum atomic E-state index is 5.36. The van der Waals surface area contributed by atoms with Gasteiger partial charge in [0.1, 0.15) is 5.75 Å². The Morgan fingerprint density at radius 3 is 2.71 bits per heavy atom. The van der Waals surface area contributed by atoms with Gasteiger partial charge in [-0.25, -0.2) is 4.98 Å². The predicted octanol–water partition coefficient (Wildman–Crippen LogP) is 3.32. The summed E-state index contributed by atoms with van der Waals surface area (Å²) in [6.07, 6.45) is 1.87. The highest BCUT2D eigenvalue weighted by Crippen LogP contribution is 2.24. The van der Waals surface area contributed by atoms with Crippen molar-refractivity contribution in [3.05, 3.63) is 46.0 Å². The van der Waals surface area contributed by atoms with E-state index in [1.54, 1.807) is 7.11 Å². The third-order valence-electron chi connectivity index (χ3n) is 2.93. The Labute approximate surface area is 110 Å². The van der Waals surface area contributed by atoms with Crippen LogP contribution in [0.25, 0.3) is 0 Å². The molecule has 0 bridgehead atoms. The fraction of sp³-hybridized carbons (Fsp3) is 0.308. The second-order valence-corrected chi connectivity index (χ2v) is 4.92. The maximum Gasteiger partial charge on any atom is 0.123 e. The van der Waals surface area contributed by atoms with Gasteiger partial charge < -0.3 is 9.30 Å². The molecule has 0 unspecified atom stereocenters. The summed E-state index contributed by atoms with van der Waals surface area (Å²) in [6.45, 7) is 4.87. The van der Waals surface area contributed by atoms with Crippen molar-refractivity contribution in [1.29, 1.82) is 0 Å². The van der Waals surface area contributed by atoms with Crippen molar-refractivity contribution in [1.82, 2.24) is 9.55 Å². The molecule has 90 valence electrons. The van der Waals surface area contributed by atoms with Crippen molar-refractivity contribution < 1.29 is 4.74 Å². The minimum atomic E-state index is 0.773. The highest BCUT2D eigenvalue weighted by Gasteiger charge is 2.07. The lowest BCUT2D eigenvalue weighted by Crippen LogP contribution is -2.02. The highest BCUT2D eigenvalue weighted by atomic mass is 79.9. The SMILES string of the molecule is COc1ccc(Br)cc1Cn1cnc(C)c1C. The number of hydrogen-bond donors (Lipinski definition) is 0. The van der Waals surface area contributed by atoms with Gasteiger partial charge in [0.05, 0.1) is 25.7 Å². The summed E-state index contributed by atoms with van der Waals surface area (Å²) in [4.78, 5) is 4.30. The Bertz CT molecular complexity index is 534. The molecule has 3 nitrogen and oxygen atoms in total. The summed E-state index contributed by atoms with van der Waals surface area (Å²) < 4.78 is 8.55. The molecule has 0 saturated carbocycles. The molecule has 0 aliphatic carbocycles. The Hall–Kier alpha value is -1.29. The molecular weight excluding hydrogens is 280 g/mol. The van der Waals surface area contributed by atoms with Crippen molar-refractivity contribution in [3.8, 4) is 5.75 Å². The van der Waals surface area contributed by atoms with Gasteiger partial charge in [0, 0.05) is 15.7 Å². The summed E-state index contributed by atoms with van der Waals surface area (Å²) in [7, 11) is 1.69. The van der Waals surface area contributed by atoms with E-state index in [2.05, 4.69) is 38.5 Å². The van der Waals surface area contributed by atoms with Gasteiger partial charge in [-0.05, 0) is 32.0 Å². The lowest BCUT2D eigenvalue weighted by atomic mass is 10.2. The fourth-order valence-corrected chi connectivity index (χ4v) is 2.17. The quantitative estimate of drug-likeness (QED) is 0.868. The standard InChI is InChI=1S/C13H15BrN2O/c1-9-10(2)16(8-15-9)7-11-6-12(14)4-5-13(11)17-3/h4-6,8H,7H2,1-3H3. The van der Waals surface area contributed by atoms with Crippen molar-refractivity contribution >= 4 is 15.9 Å². The molecule has 1 aromatic carbocycles. The maximum absolute atomic E-state index is 5.36. The van der Waals surface area contributed by atoms with Crippen LogP contribution in [-0.2, 0) is 6.54 Å². The summed E-state index contributed by atoms with van der Waals surface area (Å²) in [6, 6.07) is 6.03. The molecular formula is C13H15BrN2O. The van der Waals surface area contributed by atoms with E-state index in [9.17, 15) is 0 Å². The number of benzene rings is 1. The van der Waals surface area contributed by atoms with Crippen LogP contribution in [0.2, 0.25) is 0 Å². The molecule has 0 atom stereocenters. The minimum absolute atomic E-state index is 0.773. The third-order valence-corrected chi connectivity index (χ3v) is 3.42. The normalized spacial score (nSPS) is 10.6. The smallest absolute Gasteiger partial charge is 0.123 e. The van der Waals surface area contributed by atoms with Crippen LogP contribution in [0.5, 0.6) is 5.75 Å². The second kappa shape index (κ2) is 4.92. The van der Waals surface area contributed by atoms with Gasteiger partial charge in [0.25, 0.3) is 0 Å². The largest absolute Gasteiger partial charge is 0.496 e. The molecule has 0 amide bonds. The van der Waals surface area contributed by atoms with E-state index in [-0.39, 0.29) is 0 Å². The van der Waals surface area contributed by atoms with Crippen LogP contribution >= 0.6 is 15.9 Å². The first-order valence-corrected chi connectivity index (χ1v) is 6.22. The molecule has 0 aliphatic heterocycles. The predicted molar refractivity (Wildman–Crippen MR) is 71.5 cm³/mol. The van der Waals surface area contributed by atoms with Gasteiger partial charge in [0.2, 0.25) is 0 Å². The number of ether oxygens (including phenoxy) is 1. The summed E-state index contributed by atoms with van der Waals surface area (Å²) in [5.74, 6) is 0.902. The second-order valence-electron chi connectivity index (χ2n) is 4.00. The summed E-state index contributed by atoms with van der Waals surface area (Å²) in [5.41, 5.74) is 3.40. The molecule has 17 heavy (non-hydrogen) atoms. The number of imidazole rings is 1. The Morgan fingerprint density at radius 1 is 1.35 bits per heavy atom. The van der Waals surface area contributed by atoms with Crippen molar-refractivity contribution in [2.24, 2.45) is 0 Å². The first-order chi connectivity index (χ1) is 8.11. The molecule has 4 heteroatoms. The minimum Gasteiger partial charge on any atom is -0.496 e. The molecule has 0 saturated heterocycles. The molecule has 2 aromatic rings. The molecule has 0 fully saturated rings. The van der Waals surface area contributed by atoms with E-state index >= 15 is 0 Å². The summed E-state index contributed by atoms with van der Waals surface area (Å²) >= 11 is 3.48. The zero-order chi connectivity index (χ0) is 12.4. The third kappa shape index (κ3) is 2.52. The Kier molecular flexibility index (Phi) is 3.52. The monoisotopic (exact) mass is 294 g/mol. The van der Waals surface area contributed by atoms with Crippen LogP contribution < -0.4 is 4.74 Å². The lowest BCUT2D eigenvalue weighted by Gasteiger charge is -2.11. The van der Waals surface area contributed by atoms with Crippen LogP contribution in [0.4, 0.5) is 0 Å². The van der Waals surface area contributed by atoms with Gasteiger partial charge in [-0.15, -0.1) is 0 Å². The van der Waals surface area contributed by atoms with Gasteiger partial charge >= 0.3 is 0 Å². The number of halogens is 1. The van der Waals surface area contributed by atoms with E-state index in [0.29, 0.717) is 0 Å². The van der Waals surface area contributed by atoms with Crippen molar-refractivity contribution in [2.45, 2.75) is 20.4 Å². The number of aryl methyl sites for hydroxylation is 1. The molecule has 2 rings (SSSR count). The zero-order valence-corrected chi connectivity index (χ0v) is 11.8. The number of rotatable bonds is 3. The molecule has 1 heterocycles. The van der Waals surface area contributed by atoms with Crippen molar-refractivity contribution in [2.75, 3.05) is 7.11 Å². The van der Waals surface area contributed by atoms with E-state index in [1.807, 2.05) is 25.4 Å². The average Bonchev–Trinajstić information content (AvgIpc) is 2.61. The van der Waals surface area contributed by atoms with Gasteiger partial charge in [-0.2, -0.15) is 0 Å². The van der Waals surface area contributed by atoms with E-state index in [4.69, 9.17) is 4.74 Å². The van der Waals surface area contributed by atoms with Crippen LogP contribution in [0.15, 0.2) is 29.0 Å². The zero-order valence-electron chi connectivity index (χ0n) is 10.2. The van der Waals surface area contributed by atoms with Crippen LogP contribution in [0.3, 0.4) is 0 Å². The molecule has 1 aromatic heterocycles. The Balaban J connectivity index is 2.35. The van der Waals surface area contributed by atoms with Gasteiger partial charge in [-0.1, -0.05) is 15.9 Å². The molecule has 0 radical (unpaired) electrons. The molecule has 0 N–H and O–H groups in total. The summed E-state index contributed by atoms with van der Waals surface area (Å²) in [5, 5.41) is 0. The van der Waals surface area contributed by atoms with Crippen LogP contribution in [0, 0.1) is 13.8 Å². The lowest BCUT2D eigenvalue weighted by molar-refractivity contribution is 0.408. The van der Waals surface area contributed by atoms with Gasteiger partial charge in [-0.3, -0.25) is 0 Å². The van der Waals surface area contributed by atoms with E-state index in [1.165, 1.54) is 5.69 Å². The molecule has 0 spiro atoms. The topological polar surface area (TPSA) is 27.1 Å².